The molecular formula is C18H18N2O. The van der Waals surface area contributed by atoms with Gasteiger partial charge < -0.3 is 0 Å². The van der Waals surface area contributed by atoms with Crippen molar-refractivity contribution in [3.8, 4) is 0 Å². The molecule has 1 aromatic heterocycles. The second-order valence-electron chi connectivity index (χ2n) is 5.46. The zero-order valence-electron chi connectivity index (χ0n) is 12.6. The molecule has 0 aliphatic heterocycles. The van der Waals surface area contributed by atoms with Crippen molar-refractivity contribution in [3.05, 3.63) is 64.8 Å². The number of nitrogens with zero attached hydrogens (tertiary/aromatic N) is 2. The molecule has 0 radical (unpaired) electrons. The van der Waals surface area contributed by atoms with E-state index >= 15 is 0 Å². The zero-order valence-corrected chi connectivity index (χ0v) is 12.6. The molecule has 0 saturated heterocycles. The van der Waals surface area contributed by atoms with Crippen molar-refractivity contribution in [1.29, 1.82) is 0 Å². The first-order chi connectivity index (χ1) is 10.1. The van der Waals surface area contributed by atoms with Gasteiger partial charge in [0.25, 0.3) is 0 Å². The number of fused-ring (bicyclic) bond motifs is 1. The summed E-state index contributed by atoms with van der Waals surface area (Å²) in [5, 5.41) is 5.34. The van der Waals surface area contributed by atoms with Gasteiger partial charge in [-0.25, -0.2) is 0 Å². The Morgan fingerprint density at radius 1 is 1.05 bits per heavy atom. The molecule has 1 heterocycles. The van der Waals surface area contributed by atoms with Crippen LogP contribution in [0, 0.1) is 13.8 Å². The molecule has 0 amide bonds. The number of rotatable bonds is 3. The summed E-state index contributed by atoms with van der Waals surface area (Å²) in [7, 11) is 1.87. The van der Waals surface area contributed by atoms with Crippen LogP contribution >= 0.6 is 0 Å². The van der Waals surface area contributed by atoms with E-state index in [1.54, 1.807) is 4.68 Å². The molecule has 0 bridgehead atoms. The first kappa shape index (κ1) is 13.6. The van der Waals surface area contributed by atoms with Gasteiger partial charge in [-0.3, -0.25) is 9.48 Å². The van der Waals surface area contributed by atoms with Gasteiger partial charge in [0.05, 0.1) is 5.52 Å². The number of hydrogen-bond donors (Lipinski definition) is 0. The normalized spacial score (nSPS) is 11.0. The molecule has 0 aliphatic rings. The fourth-order valence-electron chi connectivity index (χ4n) is 2.79. The summed E-state index contributed by atoms with van der Waals surface area (Å²) < 4.78 is 1.77. The second-order valence-corrected chi connectivity index (χ2v) is 5.46. The maximum Gasteiger partial charge on any atom is 0.188 e. The van der Waals surface area contributed by atoms with Gasteiger partial charge in [0.2, 0.25) is 0 Å². The molecule has 0 unspecified atom stereocenters. The Bertz CT molecular complexity index is 810. The van der Waals surface area contributed by atoms with E-state index in [2.05, 4.69) is 5.10 Å². The van der Waals surface area contributed by atoms with Gasteiger partial charge in [-0.05, 0) is 36.6 Å². The van der Waals surface area contributed by atoms with Crippen LogP contribution in [0.15, 0.2) is 42.5 Å². The molecule has 0 spiro atoms. The fraction of sp³-hybridized carbons (Fsp3) is 0.222. The lowest BCUT2D eigenvalue weighted by Gasteiger charge is -2.08. The van der Waals surface area contributed by atoms with E-state index in [1.165, 1.54) is 0 Å². The van der Waals surface area contributed by atoms with Crippen LogP contribution in [0.3, 0.4) is 0 Å². The molecule has 21 heavy (non-hydrogen) atoms. The summed E-state index contributed by atoms with van der Waals surface area (Å²) in [4.78, 5) is 12.7. The van der Waals surface area contributed by atoms with Crippen LogP contribution in [0.1, 0.15) is 27.2 Å². The zero-order chi connectivity index (χ0) is 15.0. The predicted octanol–water partition coefficient (Wildman–Crippen LogP) is 3.62. The van der Waals surface area contributed by atoms with E-state index < -0.39 is 0 Å². The SMILES string of the molecule is Cc1cccc(C)c1CC(=O)c1nn(C)c2ccccc12. The van der Waals surface area contributed by atoms with Crippen LogP contribution < -0.4 is 0 Å². The fourth-order valence-corrected chi connectivity index (χ4v) is 2.79. The van der Waals surface area contributed by atoms with Crippen LogP contribution in [0.5, 0.6) is 0 Å². The number of para-hydroxylation sites is 1. The number of Topliss-reactive ketones (excluding diaryl/α,β-unsaturated/α-hetero) is 1. The lowest BCUT2D eigenvalue weighted by atomic mass is 9.96. The number of aromatic nitrogens is 2. The molecule has 2 aromatic carbocycles. The Hall–Kier alpha value is -2.42. The highest BCUT2D eigenvalue weighted by Gasteiger charge is 2.17. The quantitative estimate of drug-likeness (QED) is 0.686. The van der Waals surface area contributed by atoms with Crippen molar-refractivity contribution in [2.75, 3.05) is 0 Å². The first-order valence-electron chi connectivity index (χ1n) is 7.08. The second kappa shape index (κ2) is 5.17. The number of carbonyl (C=O) groups is 1. The number of benzene rings is 2. The summed E-state index contributed by atoms with van der Waals surface area (Å²) in [6.07, 6.45) is 0.402. The average molecular weight is 278 g/mol. The van der Waals surface area contributed by atoms with Crippen molar-refractivity contribution in [3.63, 3.8) is 0 Å². The average Bonchev–Trinajstić information content (AvgIpc) is 2.81. The van der Waals surface area contributed by atoms with Crippen LogP contribution in [0.25, 0.3) is 10.9 Å². The van der Waals surface area contributed by atoms with Gasteiger partial charge in [0.1, 0.15) is 5.69 Å². The molecule has 3 aromatic rings. The van der Waals surface area contributed by atoms with E-state index in [0.29, 0.717) is 12.1 Å². The van der Waals surface area contributed by atoms with Crippen molar-refractivity contribution in [2.45, 2.75) is 20.3 Å². The van der Waals surface area contributed by atoms with Gasteiger partial charge in [-0.1, -0.05) is 36.4 Å². The maximum absolute atomic E-state index is 12.7. The third-order valence-electron chi connectivity index (χ3n) is 4.00. The van der Waals surface area contributed by atoms with Gasteiger partial charge in [-0.15, -0.1) is 0 Å². The van der Waals surface area contributed by atoms with Crippen molar-refractivity contribution >= 4 is 16.7 Å². The minimum Gasteiger partial charge on any atom is -0.292 e. The lowest BCUT2D eigenvalue weighted by molar-refractivity contribution is 0.0988. The third-order valence-corrected chi connectivity index (χ3v) is 4.00. The first-order valence-corrected chi connectivity index (χ1v) is 7.08. The molecular weight excluding hydrogens is 260 g/mol. The molecule has 0 aliphatic carbocycles. The predicted molar refractivity (Wildman–Crippen MR) is 84.7 cm³/mol. The number of hydrogen-bond acceptors (Lipinski definition) is 2. The van der Waals surface area contributed by atoms with Crippen molar-refractivity contribution in [2.24, 2.45) is 7.05 Å². The molecule has 0 atom stereocenters. The van der Waals surface area contributed by atoms with Gasteiger partial charge in [0, 0.05) is 18.9 Å². The summed E-state index contributed by atoms with van der Waals surface area (Å²) in [6.45, 7) is 4.10. The summed E-state index contributed by atoms with van der Waals surface area (Å²) in [5.74, 6) is 0.0733. The van der Waals surface area contributed by atoms with Crippen molar-refractivity contribution < 1.29 is 4.79 Å². The number of carbonyl (C=O) groups excluding carboxylic acids is 1. The monoisotopic (exact) mass is 278 g/mol. The highest BCUT2D eigenvalue weighted by Crippen LogP contribution is 2.21. The molecule has 0 fully saturated rings. The van der Waals surface area contributed by atoms with Gasteiger partial charge in [-0.2, -0.15) is 5.10 Å². The minimum atomic E-state index is 0.0733. The topological polar surface area (TPSA) is 34.9 Å². The molecule has 3 rings (SSSR count). The highest BCUT2D eigenvalue weighted by atomic mass is 16.1. The van der Waals surface area contributed by atoms with E-state index in [4.69, 9.17) is 0 Å². The Labute approximate surface area is 124 Å². The van der Waals surface area contributed by atoms with E-state index in [9.17, 15) is 4.79 Å². The summed E-state index contributed by atoms with van der Waals surface area (Å²) in [5.41, 5.74) is 4.97. The van der Waals surface area contributed by atoms with Crippen LogP contribution in [-0.4, -0.2) is 15.6 Å². The van der Waals surface area contributed by atoms with Crippen LogP contribution in [-0.2, 0) is 13.5 Å². The highest BCUT2D eigenvalue weighted by molar-refractivity contribution is 6.07. The molecule has 3 heteroatoms. The third kappa shape index (κ3) is 2.35. The number of aryl methyl sites for hydroxylation is 3. The Balaban J connectivity index is 2.02. The molecule has 0 N–H and O–H groups in total. The Morgan fingerprint density at radius 2 is 1.71 bits per heavy atom. The van der Waals surface area contributed by atoms with E-state index in [-0.39, 0.29) is 5.78 Å². The maximum atomic E-state index is 12.7. The number of ketones is 1. The molecule has 0 saturated carbocycles. The standard InChI is InChI=1S/C18H18N2O/c1-12-7-6-8-13(2)15(12)11-17(21)18-14-9-4-5-10-16(14)20(3)19-18/h4-10H,11H2,1-3H3. The Morgan fingerprint density at radius 3 is 2.43 bits per heavy atom. The van der Waals surface area contributed by atoms with Gasteiger partial charge >= 0.3 is 0 Å². The smallest absolute Gasteiger partial charge is 0.188 e. The molecule has 106 valence electrons. The van der Waals surface area contributed by atoms with Crippen molar-refractivity contribution in [1.82, 2.24) is 9.78 Å². The molecule has 3 nitrogen and oxygen atoms in total. The summed E-state index contributed by atoms with van der Waals surface area (Å²) in [6, 6.07) is 14.0. The lowest BCUT2D eigenvalue weighted by Crippen LogP contribution is -2.08. The summed E-state index contributed by atoms with van der Waals surface area (Å²) >= 11 is 0. The van der Waals surface area contributed by atoms with Crippen LogP contribution in [0.4, 0.5) is 0 Å². The van der Waals surface area contributed by atoms with Gasteiger partial charge in [0.15, 0.2) is 5.78 Å². The van der Waals surface area contributed by atoms with E-state index in [0.717, 1.165) is 27.6 Å². The minimum absolute atomic E-state index is 0.0733. The largest absolute Gasteiger partial charge is 0.292 e. The van der Waals surface area contributed by atoms with Crippen LogP contribution in [0.2, 0.25) is 0 Å². The Kier molecular flexibility index (Phi) is 3.34. The van der Waals surface area contributed by atoms with E-state index in [1.807, 2.05) is 63.4 Å².